The highest BCUT2D eigenvalue weighted by Crippen LogP contribution is 2.16. The van der Waals surface area contributed by atoms with Crippen molar-refractivity contribution in [2.45, 2.75) is 13.0 Å². The Morgan fingerprint density at radius 1 is 1.07 bits per heavy atom. The van der Waals surface area contributed by atoms with Crippen LogP contribution in [0.5, 0.6) is 5.75 Å². The molecule has 1 heterocycles. The van der Waals surface area contributed by atoms with E-state index in [9.17, 15) is 14.0 Å². The first-order valence-electron chi connectivity index (χ1n) is 8.44. The summed E-state index contributed by atoms with van der Waals surface area (Å²) in [6.45, 7) is 1.50. The second-order valence-electron chi connectivity index (χ2n) is 5.91. The van der Waals surface area contributed by atoms with E-state index in [0.29, 0.717) is 17.1 Å². The summed E-state index contributed by atoms with van der Waals surface area (Å²) in [6.07, 6.45) is 2.83. The fourth-order valence-corrected chi connectivity index (χ4v) is 2.30. The molecule has 0 aliphatic carbocycles. The zero-order chi connectivity index (χ0) is 19.9. The molecule has 1 unspecified atom stereocenters. The molecule has 1 atom stereocenters. The Morgan fingerprint density at radius 3 is 2.32 bits per heavy atom. The van der Waals surface area contributed by atoms with Gasteiger partial charge in [0.05, 0.1) is 0 Å². The molecule has 2 N–H and O–H groups in total. The van der Waals surface area contributed by atoms with Crippen molar-refractivity contribution in [2.24, 2.45) is 0 Å². The minimum Gasteiger partial charge on any atom is -0.484 e. The predicted octanol–water partition coefficient (Wildman–Crippen LogP) is 2.63. The van der Waals surface area contributed by atoms with Crippen LogP contribution in [0.25, 0.3) is 0 Å². The molecule has 8 nitrogen and oxygen atoms in total. The molecule has 9 heteroatoms. The third kappa shape index (κ3) is 5.13. The van der Waals surface area contributed by atoms with E-state index < -0.39 is 6.04 Å². The standard InChI is InChI=1S/C19H18FN5O3/c1-13(25-12-21-11-22-25)19(27)24-16-6-4-15(5-7-16)23-18(26)10-28-17-8-2-14(20)3-9-17/h2-9,11-13H,10H2,1H3,(H,23,26)(H,24,27). The molecule has 3 aromatic rings. The molecule has 0 radical (unpaired) electrons. The van der Waals surface area contributed by atoms with Crippen LogP contribution < -0.4 is 15.4 Å². The number of hydrogen-bond donors (Lipinski definition) is 2. The van der Waals surface area contributed by atoms with Gasteiger partial charge in [-0.15, -0.1) is 0 Å². The minimum absolute atomic E-state index is 0.209. The van der Waals surface area contributed by atoms with Crippen LogP contribution in [-0.4, -0.2) is 33.2 Å². The van der Waals surface area contributed by atoms with Crippen molar-refractivity contribution in [2.75, 3.05) is 17.2 Å². The molecule has 144 valence electrons. The highest BCUT2D eigenvalue weighted by atomic mass is 19.1. The van der Waals surface area contributed by atoms with Crippen LogP contribution in [-0.2, 0) is 9.59 Å². The summed E-state index contributed by atoms with van der Waals surface area (Å²) in [5, 5.41) is 9.38. The number of anilines is 2. The van der Waals surface area contributed by atoms with Gasteiger partial charge in [-0.1, -0.05) is 0 Å². The molecular formula is C19H18FN5O3. The number of benzene rings is 2. The lowest BCUT2D eigenvalue weighted by atomic mass is 10.2. The topological polar surface area (TPSA) is 98.1 Å². The van der Waals surface area contributed by atoms with E-state index in [4.69, 9.17) is 4.74 Å². The number of ether oxygens (including phenoxy) is 1. The lowest BCUT2D eigenvalue weighted by Gasteiger charge is -2.12. The van der Waals surface area contributed by atoms with E-state index in [-0.39, 0.29) is 24.2 Å². The molecule has 2 aromatic carbocycles. The van der Waals surface area contributed by atoms with Gasteiger partial charge in [0.15, 0.2) is 6.61 Å². The number of hydrogen-bond acceptors (Lipinski definition) is 5. The number of carbonyl (C=O) groups excluding carboxylic acids is 2. The summed E-state index contributed by atoms with van der Waals surface area (Å²) in [6, 6.07) is 11.5. The van der Waals surface area contributed by atoms with Crippen LogP contribution >= 0.6 is 0 Å². The van der Waals surface area contributed by atoms with Crippen LogP contribution in [0.3, 0.4) is 0 Å². The Labute approximate surface area is 160 Å². The first-order valence-corrected chi connectivity index (χ1v) is 8.44. The second-order valence-corrected chi connectivity index (χ2v) is 5.91. The van der Waals surface area contributed by atoms with E-state index >= 15 is 0 Å². The number of carbonyl (C=O) groups is 2. The van der Waals surface area contributed by atoms with E-state index in [2.05, 4.69) is 20.7 Å². The van der Waals surface area contributed by atoms with Crippen molar-refractivity contribution in [1.82, 2.24) is 14.8 Å². The lowest BCUT2D eigenvalue weighted by Crippen LogP contribution is -2.24. The largest absolute Gasteiger partial charge is 0.484 e. The van der Waals surface area contributed by atoms with Crippen LogP contribution in [0, 0.1) is 5.82 Å². The number of halogens is 1. The summed E-state index contributed by atoms with van der Waals surface area (Å²) in [5.74, 6) is -0.577. The molecule has 2 amide bonds. The van der Waals surface area contributed by atoms with Gasteiger partial charge in [0, 0.05) is 11.4 Å². The van der Waals surface area contributed by atoms with Gasteiger partial charge in [0.1, 0.15) is 30.3 Å². The zero-order valence-electron chi connectivity index (χ0n) is 15.0. The van der Waals surface area contributed by atoms with Gasteiger partial charge in [-0.05, 0) is 55.5 Å². The van der Waals surface area contributed by atoms with Crippen LogP contribution in [0.4, 0.5) is 15.8 Å². The number of nitrogens with one attached hydrogen (secondary N) is 2. The average molecular weight is 383 g/mol. The van der Waals surface area contributed by atoms with Crippen molar-refractivity contribution in [3.8, 4) is 5.75 Å². The van der Waals surface area contributed by atoms with Crippen LogP contribution in [0.1, 0.15) is 13.0 Å². The van der Waals surface area contributed by atoms with E-state index in [1.807, 2.05) is 0 Å². The summed E-state index contributed by atoms with van der Waals surface area (Å²) in [7, 11) is 0. The van der Waals surface area contributed by atoms with Gasteiger partial charge in [-0.3, -0.25) is 9.59 Å². The van der Waals surface area contributed by atoms with E-state index in [1.54, 1.807) is 31.2 Å². The van der Waals surface area contributed by atoms with Gasteiger partial charge >= 0.3 is 0 Å². The first-order chi connectivity index (χ1) is 13.5. The third-order valence-electron chi connectivity index (χ3n) is 3.83. The van der Waals surface area contributed by atoms with Crippen molar-refractivity contribution in [3.05, 3.63) is 67.0 Å². The second kappa shape index (κ2) is 8.76. The molecule has 1 aromatic heterocycles. The number of rotatable bonds is 7. The van der Waals surface area contributed by atoms with E-state index in [0.717, 1.165) is 0 Å². The monoisotopic (exact) mass is 383 g/mol. The molecular weight excluding hydrogens is 365 g/mol. The molecule has 0 saturated heterocycles. The molecule has 0 aliphatic rings. The molecule has 0 saturated carbocycles. The van der Waals surface area contributed by atoms with E-state index in [1.165, 1.54) is 41.6 Å². The maximum absolute atomic E-state index is 12.8. The normalized spacial score (nSPS) is 11.5. The predicted molar refractivity (Wildman–Crippen MR) is 100 cm³/mol. The van der Waals surface area contributed by atoms with Crippen LogP contribution in [0.2, 0.25) is 0 Å². The van der Waals surface area contributed by atoms with Gasteiger partial charge in [-0.2, -0.15) is 5.10 Å². The summed E-state index contributed by atoms with van der Waals surface area (Å²) in [5.41, 5.74) is 1.13. The molecule has 0 spiro atoms. The SMILES string of the molecule is CC(C(=O)Nc1ccc(NC(=O)COc2ccc(F)cc2)cc1)n1cncn1. The molecule has 0 bridgehead atoms. The van der Waals surface area contributed by atoms with Gasteiger partial charge in [-0.25, -0.2) is 14.1 Å². The Balaban J connectivity index is 1.49. The first kappa shape index (κ1) is 19.0. The number of aromatic nitrogens is 3. The third-order valence-corrected chi connectivity index (χ3v) is 3.83. The van der Waals surface area contributed by atoms with Crippen molar-refractivity contribution < 1.29 is 18.7 Å². The highest BCUT2D eigenvalue weighted by Gasteiger charge is 2.15. The number of amides is 2. The Hall–Kier alpha value is -3.75. The van der Waals surface area contributed by atoms with Gasteiger partial charge in [0.2, 0.25) is 5.91 Å². The fraction of sp³-hybridized carbons (Fsp3) is 0.158. The highest BCUT2D eigenvalue weighted by molar-refractivity contribution is 5.94. The average Bonchev–Trinajstić information content (AvgIpc) is 3.23. The number of nitrogens with zero attached hydrogens (tertiary/aromatic N) is 3. The molecule has 0 aliphatic heterocycles. The quantitative estimate of drug-likeness (QED) is 0.654. The fourth-order valence-electron chi connectivity index (χ4n) is 2.30. The summed E-state index contributed by atoms with van der Waals surface area (Å²) < 4.78 is 19.6. The molecule has 28 heavy (non-hydrogen) atoms. The minimum atomic E-state index is -0.509. The van der Waals surface area contributed by atoms with Gasteiger partial charge in [0.25, 0.3) is 5.91 Å². The maximum atomic E-state index is 12.8. The van der Waals surface area contributed by atoms with Crippen molar-refractivity contribution in [3.63, 3.8) is 0 Å². The lowest BCUT2D eigenvalue weighted by molar-refractivity contribution is -0.119. The van der Waals surface area contributed by atoms with Crippen molar-refractivity contribution >= 4 is 23.2 Å². The Bertz CT molecular complexity index is 927. The maximum Gasteiger partial charge on any atom is 0.262 e. The zero-order valence-corrected chi connectivity index (χ0v) is 15.0. The van der Waals surface area contributed by atoms with Gasteiger partial charge < -0.3 is 15.4 Å². The smallest absolute Gasteiger partial charge is 0.262 e. The molecule has 3 rings (SSSR count). The molecule has 0 fully saturated rings. The summed E-state index contributed by atoms with van der Waals surface area (Å²) in [4.78, 5) is 28.0. The Morgan fingerprint density at radius 2 is 1.71 bits per heavy atom. The summed E-state index contributed by atoms with van der Waals surface area (Å²) >= 11 is 0. The van der Waals surface area contributed by atoms with Crippen molar-refractivity contribution in [1.29, 1.82) is 0 Å². The Kier molecular flexibility index (Phi) is 5.95. The van der Waals surface area contributed by atoms with Crippen LogP contribution in [0.15, 0.2) is 61.2 Å².